The van der Waals surface area contributed by atoms with E-state index in [9.17, 15) is 33.9 Å². The molecule has 0 spiro atoms. The second kappa shape index (κ2) is 17.1. The van der Waals surface area contributed by atoms with Crippen LogP contribution in [-0.4, -0.2) is 103 Å². The van der Waals surface area contributed by atoms with Crippen LogP contribution in [-0.2, 0) is 52.4 Å². The van der Waals surface area contributed by atoms with E-state index in [1.54, 1.807) is 52.8 Å². The number of benzene rings is 1. The highest BCUT2D eigenvalue weighted by Gasteiger charge is 2.46. The molecule has 2 heterocycles. The first-order valence-corrected chi connectivity index (χ1v) is 16.7. The van der Waals surface area contributed by atoms with E-state index in [4.69, 9.17) is 28.4 Å². The molecule has 3 aliphatic rings. The molecule has 0 unspecified atom stereocenters. The van der Waals surface area contributed by atoms with Crippen LogP contribution in [0.4, 0.5) is 0 Å². The van der Waals surface area contributed by atoms with Gasteiger partial charge in [-0.1, -0.05) is 26.0 Å². The third kappa shape index (κ3) is 11.5. The normalized spacial score (nSPS) is 23.0. The third-order valence-corrected chi connectivity index (χ3v) is 8.17. The van der Waals surface area contributed by atoms with E-state index in [0.717, 1.165) is 6.08 Å². The molecular formula is C36H46N2O13. The Morgan fingerprint density at radius 2 is 1.86 bits per heavy atom. The summed E-state index contributed by atoms with van der Waals surface area (Å²) >= 11 is 0. The number of hydrogen-bond donors (Lipinski definition) is 3. The Balaban J connectivity index is 1.27. The van der Waals surface area contributed by atoms with Crippen molar-refractivity contribution in [2.45, 2.75) is 96.4 Å². The first-order chi connectivity index (χ1) is 24.0. The Morgan fingerprint density at radius 3 is 2.55 bits per heavy atom. The summed E-state index contributed by atoms with van der Waals surface area (Å²) in [6, 6.07) is 5.67. The molecule has 15 heteroatoms. The van der Waals surface area contributed by atoms with E-state index in [1.165, 1.54) is 18.2 Å². The van der Waals surface area contributed by atoms with Gasteiger partial charge in [-0.15, -0.1) is 0 Å². The lowest BCUT2D eigenvalue weighted by Crippen LogP contribution is -2.44. The maximum Gasteiger partial charge on any atom is 0.348 e. The maximum atomic E-state index is 13.2. The number of fused-ring (bicyclic) bond motifs is 1. The molecule has 2 fully saturated rings. The number of carbonyl (C=O) groups excluding carboxylic acids is 6. The Kier molecular flexibility index (Phi) is 13.1. The van der Waals surface area contributed by atoms with Gasteiger partial charge in [0.2, 0.25) is 17.9 Å². The Labute approximate surface area is 296 Å². The Bertz CT molecular complexity index is 1540. The van der Waals surface area contributed by atoms with Crippen LogP contribution < -0.4 is 10.6 Å². The number of amides is 2. The maximum absolute atomic E-state index is 13.2. The molecule has 51 heavy (non-hydrogen) atoms. The molecule has 278 valence electrons. The van der Waals surface area contributed by atoms with Gasteiger partial charge in [0.1, 0.15) is 37.3 Å². The average Bonchev–Trinajstić information content (AvgIpc) is 3.65. The molecule has 0 aromatic heterocycles. The van der Waals surface area contributed by atoms with Gasteiger partial charge in [-0.3, -0.25) is 14.4 Å². The largest absolute Gasteiger partial charge is 0.462 e. The number of rotatable bonds is 14. The molecular weight excluding hydrogens is 668 g/mol. The van der Waals surface area contributed by atoms with E-state index in [2.05, 4.69) is 10.6 Å². The van der Waals surface area contributed by atoms with Gasteiger partial charge in [-0.05, 0) is 57.0 Å². The van der Waals surface area contributed by atoms with E-state index in [1.807, 2.05) is 0 Å². The predicted molar refractivity (Wildman–Crippen MR) is 178 cm³/mol. The standard InChI is InChI=1S/C36H46N2O13/c1-35(2,3)51-29(42)12-10-24(18-39)38-27(40)13-14-37-32(43)23-16-25-30(48-20-47-25)26(17-23)49-33(44)22-8-6-7-21(15-22)9-11-28(41)50-31-34(45)46-19-36(31,4)5/h6-9,11,15-16,24-26,30-31,39H,10,12-14,17-20H2,1-5H3,(H,37,43)(H,38,40)/t24-,25+,26+,30+,31-/m0/s1. The van der Waals surface area contributed by atoms with Crippen molar-refractivity contribution in [3.05, 3.63) is 53.1 Å². The van der Waals surface area contributed by atoms with Gasteiger partial charge in [-0.25, -0.2) is 14.4 Å². The van der Waals surface area contributed by atoms with E-state index in [0.29, 0.717) is 5.56 Å². The van der Waals surface area contributed by atoms with Crippen LogP contribution in [0.25, 0.3) is 6.08 Å². The summed E-state index contributed by atoms with van der Waals surface area (Å²) in [5.41, 5.74) is -0.330. The fraction of sp³-hybridized carbons (Fsp3) is 0.556. The summed E-state index contributed by atoms with van der Waals surface area (Å²) in [6.07, 6.45) is 1.18. The summed E-state index contributed by atoms with van der Waals surface area (Å²) < 4.78 is 32.6. The second-order valence-corrected chi connectivity index (χ2v) is 14.2. The van der Waals surface area contributed by atoms with Crippen LogP contribution in [0.5, 0.6) is 0 Å². The zero-order valence-corrected chi connectivity index (χ0v) is 29.4. The number of aliphatic hydroxyl groups is 1. The number of ether oxygens (including phenoxy) is 6. The zero-order chi connectivity index (χ0) is 37.3. The quantitative estimate of drug-likeness (QED) is 0.143. The number of cyclic esters (lactones) is 1. The van der Waals surface area contributed by atoms with Gasteiger partial charge in [-0.2, -0.15) is 0 Å². The monoisotopic (exact) mass is 714 g/mol. The Hall–Kier alpha value is -4.60. The van der Waals surface area contributed by atoms with Crippen molar-refractivity contribution >= 4 is 41.8 Å². The smallest absolute Gasteiger partial charge is 0.348 e. The number of aliphatic hydroxyl groups excluding tert-OH is 1. The minimum absolute atomic E-state index is 0.0154. The van der Waals surface area contributed by atoms with Crippen molar-refractivity contribution in [3.63, 3.8) is 0 Å². The molecule has 0 bridgehead atoms. The van der Waals surface area contributed by atoms with Crippen LogP contribution in [0.3, 0.4) is 0 Å². The fourth-order valence-corrected chi connectivity index (χ4v) is 5.55. The first kappa shape index (κ1) is 39.2. The topological polar surface area (TPSA) is 202 Å². The van der Waals surface area contributed by atoms with Crippen molar-refractivity contribution in [3.8, 4) is 0 Å². The average molecular weight is 715 g/mol. The lowest BCUT2D eigenvalue weighted by molar-refractivity contribution is -0.159. The third-order valence-electron chi connectivity index (χ3n) is 8.17. The highest BCUT2D eigenvalue weighted by Crippen LogP contribution is 2.32. The molecule has 2 amide bonds. The predicted octanol–water partition coefficient (Wildman–Crippen LogP) is 1.90. The van der Waals surface area contributed by atoms with Crippen LogP contribution in [0.1, 0.15) is 76.2 Å². The molecule has 0 saturated carbocycles. The highest BCUT2D eigenvalue weighted by atomic mass is 16.7. The number of carbonyl (C=O) groups is 6. The summed E-state index contributed by atoms with van der Waals surface area (Å²) in [5, 5.41) is 15.0. The van der Waals surface area contributed by atoms with Crippen LogP contribution >= 0.6 is 0 Å². The van der Waals surface area contributed by atoms with Crippen molar-refractivity contribution in [1.29, 1.82) is 0 Å². The summed E-state index contributed by atoms with van der Waals surface area (Å²) in [7, 11) is 0. The molecule has 15 nitrogen and oxygen atoms in total. The molecule has 1 aromatic rings. The molecule has 1 aromatic carbocycles. The van der Waals surface area contributed by atoms with Gasteiger partial charge >= 0.3 is 23.9 Å². The second-order valence-electron chi connectivity index (χ2n) is 14.2. The lowest BCUT2D eigenvalue weighted by Gasteiger charge is -2.30. The lowest BCUT2D eigenvalue weighted by atomic mass is 9.90. The van der Waals surface area contributed by atoms with E-state index >= 15 is 0 Å². The van der Waals surface area contributed by atoms with Gasteiger partial charge in [0.15, 0.2) is 0 Å². The number of hydrogen-bond acceptors (Lipinski definition) is 13. The van der Waals surface area contributed by atoms with Crippen LogP contribution in [0, 0.1) is 5.41 Å². The first-order valence-electron chi connectivity index (χ1n) is 16.7. The van der Waals surface area contributed by atoms with E-state index < -0.39 is 77.2 Å². The molecule has 3 N–H and O–H groups in total. The summed E-state index contributed by atoms with van der Waals surface area (Å²) in [6.45, 7) is 8.46. The molecule has 2 aliphatic heterocycles. The van der Waals surface area contributed by atoms with Crippen molar-refractivity contribution in [2.24, 2.45) is 5.41 Å². The zero-order valence-electron chi connectivity index (χ0n) is 29.4. The van der Waals surface area contributed by atoms with Crippen LogP contribution in [0.15, 0.2) is 42.0 Å². The highest BCUT2D eigenvalue weighted by molar-refractivity contribution is 5.95. The molecule has 2 saturated heterocycles. The van der Waals surface area contributed by atoms with E-state index in [-0.39, 0.29) is 63.4 Å². The van der Waals surface area contributed by atoms with Gasteiger partial charge in [0.25, 0.3) is 0 Å². The number of nitrogens with one attached hydrogen (secondary N) is 2. The molecule has 4 rings (SSSR count). The SMILES string of the molecule is CC(C)(C)OC(=O)CC[C@@H](CO)NC(=O)CCNC(=O)C1=C[C@H]2OCO[C@H]2[C@H](OC(=O)c2cccc(C=CC(=O)O[C@H]3C(=O)OCC3(C)C)c2)C1. The minimum atomic E-state index is -1.02. The molecule has 0 radical (unpaired) electrons. The Morgan fingerprint density at radius 1 is 1.10 bits per heavy atom. The summed E-state index contributed by atoms with van der Waals surface area (Å²) in [4.78, 5) is 75.0. The number of esters is 4. The molecule has 5 atom stereocenters. The van der Waals surface area contributed by atoms with Gasteiger partial charge < -0.3 is 44.2 Å². The van der Waals surface area contributed by atoms with Gasteiger partial charge in [0.05, 0.1) is 18.2 Å². The van der Waals surface area contributed by atoms with Crippen molar-refractivity contribution in [1.82, 2.24) is 10.6 Å². The van der Waals surface area contributed by atoms with Crippen molar-refractivity contribution in [2.75, 3.05) is 26.6 Å². The van der Waals surface area contributed by atoms with Gasteiger partial charge in [0, 0.05) is 42.9 Å². The van der Waals surface area contributed by atoms with Crippen LogP contribution in [0.2, 0.25) is 0 Å². The molecule has 1 aliphatic carbocycles. The minimum Gasteiger partial charge on any atom is -0.462 e. The van der Waals surface area contributed by atoms with Crippen molar-refractivity contribution < 1.29 is 62.3 Å². The fourth-order valence-electron chi connectivity index (χ4n) is 5.55. The summed E-state index contributed by atoms with van der Waals surface area (Å²) in [5.74, 6) is -3.37.